The van der Waals surface area contributed by atoms with E-state index < -0.39 is 53.0 Å². The molecule has 120 valence electrons. The van der Waals surface area contributed by atoms with Gasteiger partial charge in [0.15, 0.2) is 0 Å². The molecule has 0 bridgehead atoms. The average molecular weight is 339 g/mol. The lowest BCUT2D eigenvalue weighted by Crippen LogP contribution is -2.59. The summed E-state index contributed by atoms with van der Waals surface area (Å²) in [5.74, 6) is -1.82. The van der Waals surface area contributed by atoms with Gasteiger partial charge in [-0.25, -0.2) is 9.18 Å². The molecule has 1 aliphatic rings. The maximum Gasteiger partial charge on any atom is 0.416 e. The Morgan fingerprint density at radius 1 is 1.32 bits per heavy atom. The molecule has 2 rings (SSSR count). The minimum absolute atomic E-state index is 0.648. The standard InChI is InChI=1S/C13H11ClF4N2O2/c1-6-10(14)11(21)19-12(22)20(6)5-7-8(13(16,17)18)3-2-4-9(7)15/h2-4,6,10H,5H2,1H3,(H,19,21,22). The number of rotatable bonds is 2. The molecule has 3 amide bonds. The van der Waals surface area contributed by atoms with Gasteiger partial charge in [-0.05, 0) is 19.1 Å². The van der Waals surface area contributed by atoms with Crippen LogP contribution in [-0.2, 0) is 17.5 Å². The number of hydrogen-bond acceptors (Lipinski definition) is 2. The van der Waals surface area contributed by atoms with E-state index >= 15 is 0 Å². The van der Waals surface area contributed by atoms with Crippen molar-refractivity contribution in [1.82, 2.24) is 10.2 Å². The Labute approximate surface area is 128 Å². The zero-order valence-corrected chi connectivity index (χ0v) is 12.0. The molecule has 22 heavy (non-hydrogen) atoms. The Hall–Kier alpha value is -1.83. The van der Waals surface area contributed by atoms with Crippen LogP contribution in [0, 0.1) is 5.82 Å². The Morgan fingerprint density at radius 2 is 1.95 bits per heavy atom. The summed E-state index contributed by atoms with van der Waals surface area (Å²) >= 11 is 5.79. The molecule has 0 spiro atoms. The van der Waals surface area contributed by atoms with Gasteiger partial charge in [0.2, 0.25) is 5.91 Å². The minimum Gasteiger partial charge on any atom is -0.315 e. The molecule has 4 nitrogen and oxygen atoms in total. The number of nitrogens with zero attached hydrogens (tertiary/aromatic N) is 1. The maximum absolute atomic E-state index is 13.8. The van der Waals surface area contributed by atoms with Crippen molar-refractivity contribution in [3.8, 4) is 0 Å². The summed E-state index contributed by atoms with van der Waals surface area (Å²) < 4.78 is 52.7. The first-order valence-electron chi connectivity index (χ1n) is 6.23. The molecule has 2 atom stereocenters. The SMILES string of the molecule is CC1C(Cl)C(=O)NC(=O)N1Cc1c(F)cccc1C(F)(F)F. The van der Waals surface area contributed by atoms with Crippen molar-refractivity contribution in [1.29, 1.82) is 0 Å². The van der Waals surface area contributed by atoms with Crippen molar-refractivity contribution in [3.05, 3.63) is 35.1 Å². The van der Waals surface area contributed by atoms with Crippen molar-refractivity contribution in [2.75, 3.05) is 0 Å². The molecule has 0 saturated carbocycles. The smallest absolute Gasteiger partial charge is 0.315 e. The van der Waals surface area contributed by atoms with E-state index in [4.69, 9.17) is 11.6 Å². The number of nitrogens with one attached hydrogen (secondary N) is 1. The molecule has 1 aliphatic heterocycles. The fraction of sp³-hybridized carbons (Fsp3) is 0.385. The summed E-state index contributed by atoms with van der Waals surface area (Å²) in [6.45, 7) is 0.757. The molecule has 0 aliphatic carbocycles. The second kappa shape index (κ2) is 5.75. The number of carbonyl (C=O) groups excluding carboxylic acids is 2. The first-order valence-corrected chi connectivity index (χ1v) is 6.66. The van der Waals surface area contributed by atoms with Gasteiger partial charge >= 0.3 is 12.2 Å². The van der Waals surface area contributed by atoms with Crippen molar-refractivity contribution in [2.24, 2.45) is 0 Å². The third-order valence-corrected chi connectivity index (χ3v) is 3.97. The van der Waals surface area contributed by atoms with Gasteiger partial charge in [-0.15, -0.1) is 11.6 Å². The molecule has 1 aromatic carbocycles. The monoisotopic (exact) mass is 338 g/mol. The van der Waals surface area contributed by atoms with Gasteiger partial charge < -0.3 is 4.90 Å². The molecule has 1 aromatic rings. The molecule has 2 unspecified atom stereocenters. The molecule has 0 aromatic heterocycles. The van der Waals surface area contributed by atoms with Crippen molar-refractivity contribution in [2.45, 2.75) is 31.1 Å². The summed E-state index contributed by atoms with van der Waals surface area (Å²) in [6, 6.07) is 0.763. The number of hydrogen-bond donors (Lipinski definition) is 1. The highest BCUT2D eigenvalue weighted by molar-refractivity contribution is 6.33. The van der Waals surface area contributed by atoms with Gasteiger partial charge in [-0.1, -0.05) is 6.07 Å². The molecule has 1 fully saturated rings. The zero-order valence-electron chi connectivity index (χ0n) is 11.2. The Balaban J connectivity index is 2.38. The Kier molecular flexibility index (Phi) is 4.32. The largest absolute Gasteiger partial charge is 0.416 e. The summed E-state index contributed by atoms with van der Waals surface area (Å²) in [5.41, 5.74) is -1.84. The van der Waals surface area contributed by atoms with E-state index in [0.717, 1.165) is 23.1 Å². The van der Waals surface area contributed by atoms with Gasteiger partial charge in [-0.3, -0.25) is 10.1 Å². The molecular formula is C13H11ClF4N2O2. The summed E-state index contributed by atoms with van der Waals surface area (Å²) in [6.07, 6.45) is -4.76. The summed E-state index contributed by atoms with van der Waals surface area (Å²) in [7, 11) is 0. The van der Waals surface area contributed by atoms with Gasteiger partial charge in [0, 0.05) is 5.56 Å². The van der Waals surface area contributed by atoms with E-state index in [1.54, 1.807) is 0 Å². The van der Waals surface area contributed by atoms with E-state index in [0.29, 0.717) is 0 Å². The van der Waals surface area contributed by atoms with Crippen molar-refractivity contribution >= 4 is 23.5 Å². The molecular weight excluding hydrogens is 328 g/mol. The third-order valence-electron chi connectivity index (χ3n) is 3.41. The van der Waals surface area contributed by atoms with Crippen LogP contribution >= 0.6 is 11.6 Å². The molecule has 1 heterocycles. The highest BCUT2D eigenvalue weighted by Gasteiger charge is 2.40. The number of urea groups is 1. The highest BCUT2D eigenvalue weighted by atomic mass is 35.5. The van der Waals surface area contributed by atoms with Crippen LogP contribution in [0.2, 0.25) is 0 Å². The third kappa shape index (κ3) is 3.01. The van der Waals surface area contributed by atoms with Crippen LogP contribution < -0.4 is 5.32 Å². The lowest BCUT2D eigenvalue weighted by Gasteiger charge is -2.36. The number of halogens is 5. The van der Waals surface area contributed by atoms with Gasteiger partial charge in [0.25, 0.3) is 0 Å². The molecule has 1 N–H and O–H groups in total. The summed E-state index contributed by atoms with van der Waals surface area (Å²) in [4.78, 5) is 24.0. The first kappa shape index (κ1) is 16.5. The lowest BCUT2D eigenvalue weighted by atomic mass is 10.0. The number of imide groups is 1. The first-order chi connectivity index (χ1) is 10.1. The van der Waals surface area contributed by atoms with E-state index in [2.05, 4.69) is 0 Å². The number of alkyl halides is 4. The normalized spacial score (nSPS) is 22.7. The average Bonchev–Trinajstić information content (AvgIpc) is 2.41. The molecule has 1 saturated heterocycles. The van der Waals surface area contributed by atoms with E-state index in [-0.39, 0.29) is 0 Å². The van der Waals surface area contributed by atoms with Crippen LogP contribution in [0.3, 0.4) is 0 Å². The van der Waals surface area contributed by atoms with Crippen LogP contribution in [0.4, 0.5) is 22.4 Å². The number of amides is 3. The topological polar surface area (TPSA) is 49.4 Å². The van der Waals surface area contributed by atoms with Gasteiger partial charge in [0.1, 0.15) is 11.2 Å². The zero-order chi connectivity index (χ0) is 16.7. The van der Waals surface area contributed by atoms with Crippen LogP contribution in [0.1, 0.15) is 18.1 Å². The fourth-order valence-electron chi connectivity index (χ4n) is 2.18. The second-order valence-electron chi connectivity index (χ2n) is 4.83. The van der Waals surface area contributed by atoms with Crippen LogP contribution in [0.15, 0.2) is 18.2 Å². The maximum atomic E-state index is 13.8. The molecule has 9 heteroatoms. The van der Waals surface area contributed by atoms with Gasteiger partial charge in [0.05, 0.1) is 18.2 Å². The van der Waals surface area contributed by atoms with Crippen molar-refractivity contribution < 1.29 is 27.2 Å². The lowest BCUT2D eigenvalue weighted by molar-refractivity contribution is -0.138. The minimum atomic E-state index is -4.76. The van der Waals surface area contributed by atoms with E-state index in [1.165, 1.54) is 6.92 Å². The number of benzene rings is 1. The second-order valence-corrected chi connectivity index (χ2v) is 5.30. The van der Waals surface area contributed by atoms with Crippen LogP contribution in [0.25, 0.3) is 0 Å². The van der Waals surface area contributed by atoms with Crippen LogP contribution in [-0.4, -0.2) is 28.3 Å². The van der Waals surface area contributed by atoms with E-state index in [1.807, 2.05) is 5.32 Å². The summed E-state index contributed by atoms with van der Waals surface area (Å²) in [5, 5.41) is 0.794. The predicted molar refractivity (Wildman–Crippen MR) is 69.6 cm³/mol. The Morgan fingerprint density at radius 3 is 2.55 bits per heavy atom. The van der Waals surface area contributed by atoms with E-state index in [9.17, 15) is 27.2 Å². The van der Waals surface area contributed by atoms with Crippen molar-refractivity contribution in [3.63, 3.8) is 0 Å². The number of carbonyl (C=O) groups is 2. The predicted octanol–water partition coefficient (Wildman–Crippen LogP) is 2.89. The van der Waals surface area contributed by atoms with Crippen LogP contribution in [0.5, 0.6) is 0 Å². The van der Waals surface area contributed by atoms with Gasteiger partial charge in [-0.2, -0.15) is 13.2 Å². The Bertz CT molecular complexity index is 621. The molecule has 0 radical (unpaired) electrons. The highest BCUT2D eigenvalue weighted by Crippen LogP contribution is 2.34. The fourth-order valence-corrected chi connectivity index (χ4v) is 2.37. The quantitative estimate of drug-likeness (QED) is 0.666.